The molecular weight excluding hydrogens is 242 g/mol. The Kier molecular flexibility index (Phi) is 3.69. The molecule has 1 aromatic heterocycles. The zero-order valence-electron chi connectivity index (χ0n) is 10.0. The Morgan fingerprint density at radius 3 is 3.06 bits per heavy atom. The van der Waals surface area contributed by atoms with Crippen molar-refractivity contribution in [1.29, 1.82) is 0 Å². The zero-order chi connectivity index (χ0) is 12.4. The van der Waals surface area contributed by atoms with Gasteiger partial charge in [0.25, 0.3) is 5.91 Å². The molecule has 2 rings (SSSR count). The minimum Gasteiger partial charge on any atom is -0.377 e. The van der Waals surface area contributed by atoms with Crippen LogP contribution >= 0.6 is 11.6 Å². The summed E-state index contributed by atoms with van der Waals surface area (Å²) in [4.78, 5) is 14.1. The molecular formula is C11H16ClN3O2. The van der Waals surface area contributed by atoms with Crippen LogP contribution < -0.4 is 0 Å². The van der Waals surface area contributed by atoms with Crippen LogP contribution in [0.5, 0.6) is 0 Å². The molecule has 1 aromatic rings. The van der Waals surface area contributed by atoms with E-state index in [1.165, 1.54) is 0 Å². The van der Waals surface area contributed by atoms with Crippen LogP contribution in [-0.2, 0) is 11.8 Å². The van der Waals surface area contributed by atoms with Crippen molar-refractivity contribution in [3.8, 4) is 0 Å². The molecule has 1 saturated heterocycles. The van der Waals surface area contributed by atoms with Crippen molar-refractivity contribution in [3.05, 3.63) is 17.5 Å². The lowest BCUT2D eigenvalue weighted by Gasteiger charge is -2.34. The van der Waals surface area contributed by atoms with E-state index in [-0.39, 0.29) is 11.9 Å². The van der Waals surface area contributed by atoms with Crippen molar-refractivity contribution in [2.45, 2.75) is 13.0 Å². The number of nitrogens with zero attached hydrogens (tertiary/aromatic N) is 3. The van der Waals surface area contributed by atoms with Crippen LogP contribution in [0.2, 0.25) is 0 Å². The number of morpholine rings is 1. The first-order chi connectivity index (χ1) is 8.15. The van der Waals surface area contributed by atoms with Gasteiger partial charge in [0.2, 0.25) is 0 Å². The zero-order valence-corrected chi connectivity index (χ0v) is 10.8. The van der Waals surface area contributed by atoms with Crippen LogP contribution in [0.15, 0.2) is 6.20 Å². The van der Waals surface area contributed by atoms with E-state index in [0.29, 0.717) is 31.2 Å². The summed E-state index contributed by atoms with van der Waals surface area (Å²) in [7, 11) is 1.82. The monoisotopic (exact) mass is 257 g/mol. The summed E-state index contributed by atoms with van der Waals surface area (Å²) < 4.78 is 7.02. The highest BCUT2D eigenvalue weighted by atomic mass is 35.5. The van der Waals surface area contributed by atoms with Crippen molar-refractivity contribution in [1.82, 2.24) is 14.7 Å². The first-order valence-corrected chi connectivity index (χ1v) is 6.12. The second kappa shape index (κ2) is 5.06. The SMILES string of the molecule is Cc1c(C(=O)N2CCOCC2CCl)cnn1C. The maximum Gasteiger partial charge on any atom is 0.257 e. The Morgan fingerprint density at radius 2 is 2.47 bits per heavy atom. The minimum absolute atomic E-state index is 0.00968. The highest BCUT2D eigenvalue weighted by Crippen LogP contribution is 2.15. The molecule has 17 heavy (non-hydrogen) atoms. The van der Waals surface area contributed by atoms with Gasteiger partial charge in [-0.05, 0) is 6.92 Å². The Morgan fingerprint density at radius 1 is 1.71 bits per heavy atom. The average molecular weight is 258 g/mol. The van der Waals surface area contributed by atoms with Gasteiger partial charge in [0.1, 0.15) is 0 Å². The third kappa shape index (κ3) is 2.30. The largest absolute Gasteiger partial charge is 0.377 e. The third-order valence-electron chi connectivity index (χ3n) is 3.13. The second-order valence-corrected chi connectivity index (χ2v) is 4.46. The van der Waals surface area contributed by atoms with E-state index in [4.69, 9.17) is 16.3 Å². The molecule has 0 spiro atoms. The quantitative estimate of drug-likeness (QED) is 0.737. The number of rotatable bonds is 2. The molecule has 1 unspecified atom stereocenters. The van der Waals surface area contributed by atoms with Crippen molar-refractivity contribution in [2.24, 2.45) is 7.05 Å². The van der Waals surface area contributed by atoms with E-state index >= 15 is 0 Å². The Bertz CT molecular complexity index is 419. The molecule has 1 atom stereocenters. The van der Waals surface area contributed by atoms with Gasteiger partial charge in [-0.25, -0.2) is 0 Å². The topological polar surface area (TPSA) is 47.4 Å². The summed E-state index contributed by atoms with van der Waals surface area (Å²) in [6.07, 6.45) is 1.61. The average Bonchev–Trinajstić information content (AvgIpc) is 2.69. The summed E-state index contributed by atoms with van der Waals surface area (Å²) in [5.41, 5.74) is 1.51. The van der Waals surface area contributed by atoms with Crippen LogP contribution in [0, 0.1) is 6.92 Å². The molecule has 1 amide bonds. The van der Waals surface area contributed by atoms with E-state index < -0.39 is 0 Å². The number of aryl methyl sites for hydroxylation is 1. The Labute approximate surface area is 105 Å². The number of halogens is 1. The van der Waals surface area contributed by atoms with Crippen molar-refractivity contribution >= 4 is 17.5 Å². The number of carbonyl (C=O) groups excluding carboxylic acids is 1. The maximum atomic E-state index is 12.4. The molecule has 0 radical (unpaired) electrons. The van der Waals surface area contributed by atoms with Gasteiger partial charge in [0.15, 0.2) is 0 Å². The van der Waals surface area contributed by atoms with E-state index in [2.05, 4.69) is 5.10 Å². The summed E-state index contributed by atoms with van der Waals surface area (Å²) in [6, 6.07) is -0.0440. The predicted octanol–water partition coefficient (Wildman–Crippen LogP) is 0.808. The molecule has 5 nitrogen and oxygen atoms in total. The van der Waals surface area contributed by atoms with Gasteiger partial charge in [0.05, 0.1) is 31.0 Å². The lowest BCUT2D eigenvalue weighted by atomic mass is 10.2. The van der Waals surface area contributed by atoms with Gasteiger partial charge < -0.3 is 9.64 Å². The van der Waals surface area contributed by atoms with Crippen LogP contribution in [0.25, 0.3) is 0 Å². The summed E-state index contributed by atoms with van der Waals surface area (Å²) in [5.74, 6) is 0.384. The Hall–Kier alpha value is -1.07. The molecule has 2 heterocycles. The van der Waals surface area contributed by atoms with Crippen molar-refractivity contribution in [3.63, 3.8) is 0 Å². The molecule has 1 aliphatic rings. The number of amides is 1. The van der Waals surface area contributed by atoms with E-state index in [0.717, 1.165) is 5.69 Å². The molecule has 1 aliphatic heterocycles. The number of carbonyl (C=O) groups is 1. The fourth-order valence-electron chi connectivity index (χ4n) is 1.91. The number of hydrogen-bond donors (Lipinski definition) is 0. The van der Waals surface area contributed by atoms with Crippen LogP contribution in [0.1, 0.15) is 16.1 Å². The lowest BCUT2D eigenvalue weighted by molar-refractivity contribution is 0.00451. The van der Waals surface area contributed by atoms with Gasteiger partial charge in [-0.3, -0.25) is 9.48 Å². The lowest BCUT2D eigenvalue weighted by Crippen LogP contribution is -2.49. The molecule has 1 fully saturated rings. The number of alkyl halides is 1. The van der Waals surface area contributed by atoms with Crippen molar-refractivity contribution in [2.75, 3.05) is 25.6 Å². The molecule has 0 aromatic carbocycles. The predicted molar refractivity (Wildman–Crippen MR) is 64.3 cm³/mol. The number of hydrogen-bond acceptors (Lipinski definition) is 3. The van der Waals surface area contributed by atoms with E-state index in [9.17, 15) is 4.79 Å². The van der Waals surface area contributed by atoms with Crippen LogP contribution in [0.4, 0.5) is 0 Å². The summed E-state index contributed by atoms with van der Waals surface area (Å²) >= 11 is 5.86. The number of ether oxygens (including phenoxy) is 1. The smallest absolute Gasteiger partial charge is 0.257 e. The Balaban J connectivity index is 2.21. The van der Waals surface area contributed by atoms with Gasteiger partial charge in [-0.1, -0.05) is 0 Å². The molecule has 0 bridgehead atoms. The highest BCUT2D eigenvalue weighted by Gasteiger charge is 2.29. The molecule has 0 saturated carbocycles. The van der Waals surface area contributed by atoms with Gasteiger partial charge in [-0.2, -0.15) is 5.10 Å². The molecule has 6 heteroatoms. The van der Waals surface area contributed by atoms with Crippen LogP contribution in [-0.4, -0.2) is 52.3 Å². The van der Waals surface area contributed by atoms with Gasteiger partial charge >= 0.3 is 0 Å². The fourth-order valence-corrected chi connectivity index (χ4v) is 2.17. The molecule has 0 aliphatic carbocycles. The maximum absolute atomic E-state index is 12.4. The third-order valence-corrected chi connectivity index (χ3v) is 3.49. The minimum atomic E-state index is -0.0440. The van der Waals surface area contributed by atoms with Crippen LogP contribution in [0.3, 0.4) is 0 Å². The normalized spacial score (nSPS) is 20.6. The molecule has 0 N–H and O–H groups in total. The summed E-state index contributed by atoms with van der Waals surface area (Å²) in [6.45, 7) is 3.55. The first kappa shape index (κ1) is 12.4. The fraction of sp³-hybridized carbons (Fsp3) is 0.636. The highest BCUT2D eigenvalue weighted by molar-refractivity contribution is 6.18. The van der Waals surface area contributed by atoms with Crippen molar-refractivity contribution < 1.29 is 9.53 Å². The second-order valence-electron chi connectivity index (χ2n) is 4.15. The molecule has 94 valence electrons. The van der Waals surface area contributed by atoms with E-state index in [1.54, 1.807) is 15.8 Å². The standard InChI is InChI=1S/C11H16ClN3O2/c1-8-10(6-13-14(8)2)11(16)15-3-4-17-7-9(15)5-12/h6,9H,3-5,7H2,1-2H3. The van der Waals surface area contributed by atoms with Gasteiger partial charge in [0, 0.05) is 25.2 Å². The number of aromatic nitrogens is 2. The van der Waals surface area contributed by atoms with E-state index in [1.807, 2.05) is 14.0 Å². The first-order valence-electron chi connectivity index (χ1n) is 5.58. The summed E-state index contributed by atoms with van der Waals surface area (Å²) in [5, 5.41) is 4.09. The van der Waals surface area contributed by atoms with Gasteiger partial charge in [-0.15, -0.1) is 11.6 Å².